The Bertz CT molecular complexity index is 1400. The van der Waals surface area contributed by atoms with E-state index in [1.807, 2.05) is 0 Å². The first-order valence-electron chi connectivity index (χ1n) is 9.17. The van der Waals surface area contributed by atoms with Crippen molar-refractivity contribution < 1.29 is 21.6 Å². The minimum Gasteiger partial charge on any atom is -0.307 e. The molecule has 0 aliphatic rings. The maximum Gasteiger partial charge on any atom is 0.416 e. The van der Waals surface area contributed by atoms with Crippen molar-refractivity contribution in [2.24, 2.45) is 7.05 Å². The lowest BCUT2D eigenvalue weighted by Gasteiger charge is -2.11. The fraction of sp³-hybridized carbons (Fsp3) is 0.200. The summed E-state index contributed by atoms with van der Waals surface area (Å²) in [5.41, 5.74) is -0.292. The normalized spacial score (nSPS) is 12.4. The third-order valence-corrected chi connectivity index (χ3v) is 6.55. The van der Waals surface area contributed by atoms with Gasteiger partial charge in [-0.05, 0) is 24.3 Å². The molecule has 3 aromatic heterocycles. The monoisotopic (exact) mass is 447 g/mol. The number of benzene rings is 1. The van der Waals surface area contributed by atoms with Crippen molar-refractivity contribution in [2.45, 2.75) is 18.0 Å². The predicted molar refractivity (Wildman–Crippen MR) is 108 cm³/mol. The molecule has 0 saturated carbocycles. The maximum absolute atomic E-state index is 13.1. The van der Waals surface area contributed by atoms with Crippen molar-refractivity contribution in [1.29, 1.82) is 0 Å². The molecule has 0 amide bonds. The van der Waals surface area contributed by atoms with Gasteiger partial charge >= 0.3 is 6.18 Å². The molecule has 0 N–H and O–H groups in total. The molecule has 1 aromatic carbocycles. The Labute approximate surface area is 175 Å². The van der Waals surface area contributed by atoms with Crippen LogP contribution in [-0.2, 0) is 23.1 Å². The molecule has 0 aliphatic heterocycles. The molecular weight excluding hydrogens is 431 g/mol. The van der Waals surface area contributed by atoms with Gasteiger partial charge in [-0.1, -0.05) is 25.1 Å². The van der Waals surface area contributed by atoms with Crippen molar-refractivity contribution in [3.63, 3.8) is 0 Å². The van der Waals surface area contributed by atoms with Gasteiger partial charge in [0, 0.05) is 18.6 Å². The summed E-state index contributed by atoms with van der Waals surface area (Å²) in [5.74, 6) is 0.00259. The van der Waals surface area contributed by atoms with Crippen LogP contribution in [0.3, 0.4) is 0 Å². The van der Waals surface area contributed by atoms with E-state index in [1.54, 1.807) is 24.3 Å². The molecule has 0 atom stereocenters. The second kappa shape index (κ2) is 7.41. The van der Waals surface area contributed by atoms with Crippen LogP contribution in [0.25, 0.3) is 33.9 Å². The standard InChI is InChI=1S/C20H16F3N5O2S/c1-3-31(29,30)16-10-12-6-4-5-7-14(12)25-17(16)19-27-26-18(28(19)2)15-11-13(8-9-24-15)20(21,22)23/h4-11H,3H2,1-2H3. The number of hydrogen-bond donors (Lipinski definition) is 0. The van der Waals surface area contributed by atoms with Gasteiger partial charge in [-0.15, -0.1) is 10.2 Å². The summed E-state index contributed by atoms with van der Waals surface area (Å²) < 4.78 is 66.1. The molecule has 4 aromatic rings. The zero-order valence-corrected chi connectivity index (χ0v) is 17.2. The highest BCUT2D eigenvalue weighted by atomic mass is 32.2. The lowest BCUT2D eigenvalue weighted by atomic mass is 10.2. The molecule has 4 rings (SSSR count). The largest absolute Gasteiger partial charge is 0.416 e. The van der Waals surface area contributed by atoms with Gasteiger partial charge in [0.2, 0.25) is 0 Å². The molecule has 3 heterocycles. The van der Waals surface area contributed by atoms with Crippen LogP contribution in [0.2, 0.25) is 0 Å². The Balaban J connectivity index is 1.93. The molecule has 0 saturated heterocycles. The Morgan fingerprint density at radius 1 is 1.03 bits per heavy atom. The number of pyridine rings is 2. The van der Waals surface area contributed by atoms with Gasteiger partial charge in [0.1, 0.15) is 11.4 Å². The highest BCUT2D eigenvalue weighted by Gasteiger charge is 2.31. The topological polar surface area (TPSA) is 90.6 Å². The Morgan fingerprint density at radius 3 is 2.45 bits per heavy atom. The Hall–Kier alpha value is -3.34. The maximum atomic E-state index is 13.1. The number of nitrogens with zero attached hydrogens (tertiary/aromatic N) is 5. The molecule has 0 aliphatic carbocycles. The van der Waals surface area contributed by atoms with Crippen LogP contribution in [0, 0.1) is 0 Å². The smallest absolute Gasteiger partial charge is 0.307 e. The van der Waals surface area contributed by atoms with E-state index in [9.17, 15) is 21.6 Å². The van der Waals surface area contributed by atoms with E-state index in [0.29, 0.717) is 10.9 Å². The summed E-state index contributed by atoms with van der Waals surface area (Å²) in [6.45, 7) is 1.52. The van der Waals surface area contributed by atoms with Crippen molar-refractivity contribution in [1.82, 2.24) is 24.7 Å². The van der Waals surface area contributed by atoms with Gasteiger partial charge in [0.05, 0.1) is 21.7 Å². The van der Waals surface area contributed by atoms with Crippen LogP contribution < -0.4 is 0 Å². The van der Waals surface area contributed by atoms with Gasteiger partial charge in [0.25, 0.3) is 0 Å². The van der Waals surface area contributed by atoms with Crippen LogP contribution in [0.4, 0.5) is 13.2 Å². The van der Waals surface area contributed by atoms with E-state index >= 15 is 0 Å². The molecule has 0 unspecified atom stereocenters. The van der Waals surface area contributed by atoms with E-state index in [-0.39, 0.29) is 33.7 Å². The summed E-state index contributed by atoms with van der Waals surface area (Å²) >= 11 is 0. The van der Waals surface area contributed by atoms with E-state index in [1.165, 1.54) is 24.6 Å². The molecule has 0 radical (unpaired) electrons. The first-order valence-corrected chi connectivity index (χ1v) is 10.8. The van der Waals surface area contributed by atoms with Gasteiger partial charge in [-0.3, -0.25) is 4.98 Å². The van der Waals surface area contributed by atoms with E-state index in [2.05, 4.69) is 20.2 Å². The van der Waals surface area contributed by atoms with E-state index < -0.39 is 21.6 Å². The summed E-state index contributed by atoms with van der Waals surface area (Å²) in [7, 11) is -2.15. The summed E-state index contributed by atoms with van der Waals surface area (Å²) in [6.07, 6.45) is -3.50. The van der Waals surface area contributed by atoms with Crippen molar-refractivity contribution in [3.05, 3.63) is 54.2 Å². The fourth-order valence-electron chi connectivity index (χ4n) is 3.14. The lowest BCUT2D eigenvalue weighted by Crippen LogP contribution is -2.09. The molecule has 0 fully saturated rings. The van der Waals surface area contributed by atoms with Crippen LogP contribution >= 0.6 is 0 Å². The fourth-order valence-corrected chi connectivity index (χ4v) is 4.19. The van der Waals surface area contributed by atoms with Crippen LogP contribution in [0.5, 0.6) is 0 Å². The lowest BCUT2D eigenvalue weighted by molar-refractivity contribution is -0.137. The third kappa shape index (κ3) is 3.76. The molecule has 11 heteroatoms. The first kappa shape index (κ1) is 20.9. The van der Waals surface area contributed by atoms with Gasteiger partial charge in [0.15, 0.2) is 21.5 Å². The summed E-state index contributed by atoms with van der Waals surface area (Å²) in [6, 6.07) is 10.3. The number of halogens is 3. The highest BCUT2D eigenvalue weighted by molar-refractivity contribution is 7.91. The van der Waals surface area contributed by atoms with Crippen molar-refractivity contribution in [2.75, 3.05) is 5.75 Å². The first-order chi connectivity index (χ1) is 14.6. The average molecular weight is 447 g/mol. The molecule has 0 bridgehead atoms. The molecular formula is C20H16F3N5O2S. The zero-order valence-electron chi connectivity index (χ0n) is 16.4. The van der Waals surface area contributed by atoms with Gasteiger partial charge in [-0.2, -0.15) is 13.2 Å². The molecule has 31 heavy (non-hydrogen) atoms. The number of para-hydroxylation sites is 1. The Morgan fingerprint density at radius 2 is 1.74 bits per heavy atom. The van der Waals surface area contributed by atoms with E-state index in [4.69, 9.17) is 0 Å². The predicted octanol–water partition coefficient (Wildman–Crippen LogP) is 3.90. The van der Waals surface area contributed by atoms with Crippen molar-refractivity contribution in [3.8, 4) is 23.0 Å². The molecule has 7 nitrogen and oxygen atoms in total. The van der Waals surface area contributed by atoms with Crippen LogP contribution in [0.1, 0.15) is 12.5 Å². The van der Waals surface area contributed by atoms with E-state index in [0.717, 1.165) is 18.3 Å². The number of rotatable bonds is 4. The second-order valence-corrected chi connectivity index (χ2v) is 9.01. The second-order valence-electron chi connectivity index (χ2n) is 6.76. The van der Waals surface area contributed by atoms with Crippen LogP contribution in [0.15, 0.2) is 53.6 Å². The van der Waals surface area contributed by atoms with Gasteiger partial charge in [-0.25, -0.2) is 13.4 Å². The number of alkyl halides is 3. The molecule has 0 spiro atoms. The molecule has 160 valence electrons. The third-order valence-electron chi connectivity index (χ3n) is 4.81. The number of hydrogen-bond acceptors (Lipinski definition) is 6. The summed E-state index contributed by atoms with van der Waals surface area (Å²) in [4.78, 5) is 8.43. The number of sulfone groups is 1. The quantitative estimate of drug-likeness (QED) is 0.471. The number of aromatic nitrogens is 5. The zero-order chi connectivity index (χ0) is 22.4. The average Bonchev–Trinajstić information content (AvgIpc) is 3.13. The minimum atomic E-state index is -4.54. The summed E-state index contributed by atoms with van der Waals surface area (Å²) in [5, 5.41) is 8.64. The van der Waals surface area contributed by atoms with Crippen LogP contribution in [-0.4, -0.2) is 38.9 Å². The van der Waals surface area contributed by atoms with Gasteiger partial charge < -0.3 is 4.57 Å². The Kier molecular flexibility index (Phi) is 5.00. The van der Waals surface area contributed by atoms with Crippen molar-refractivity contribution >= 4 is 20.7 Å². The number of fused-ring (bicyclic) bond motifs is 1. The highest BCUT2D eigenvalue weighted by Crippen LogP contribution is 2.33. The SMILES string of the molecule is CCS(=O)(=O)c1cc2ccccc2nc1-c1nnc(-c2cc(C(F)(F)F)ccn2)n1C. The minimum absolute atomic E-state index is 0.0206.